The van der Waals surface area contributed by atoms with E-state index in [2.05, 4.69) is 25.8 Å². The van der Waals surface area contributed by atoms with Crippen molar-refractivity contribution in [1.82, 2.24) is 0 Å². The molecule has 0 amide bonds. The summed E-state index contributed by atoms with van der Waals surface area (Å²) in [6.07, 6.45) is 5.96. The normalized spacial score (nSPS) is 8.61. The van der Waals surface area contributed by atoms with Crippen LogP contribution in [-0.2, 0) is 41.4 Å². The number of Topliss-reactive ketones (excluding diaryl/α,β-unsaturated/α-hetero) is 1. The minimum atomic E-state index is -0.452. The summed E-state index contributed by atoms with van der Waals surface area (Å²) < 4.78 is 4.69. The van der Waals surface area contributed by atoms with Crippen LogP contribution >= 0.6 is 19.8 Å². The van der Waals surface area contributed by atoms with Gasteiger partial charge in [0.25, 0.3) is 0 Å². The van der Waals surface area contributed by atoms with E-state index in [9.17, 15) is 9.59 Å². The van der Waals surface area contributed by atoms with Crippen LogP contribution in [0.1, 0.15) is 36.5 Å². The molecule has 0 bridgehead atoms. The molecule has 0 aliphatic heterocycles. The van der Waals surface area contributed by atoms with Gasteiger partial charge in [0.15, 0.2) is 5.78 Å². The van der Waals surface area contributed by atoms with Crippen molar-refractivity contribution in [3.05, 3.63) is 54.6 Å². The average Bonchev–Trinajstić information content (AvgIpc) is 2.59. The molecule has 0 N–H and O–H groups in total. The van der Waals surface area contributed by atoms with Crippen LogP contribution in [0.2, 0.25) is 0 Å². The second kappa shape index (κ2) is 21.5. The molecule has 0 heterocycles. The number of carbonyl (C=O) groups excluding carboxylic acids is 2. The van der Waals surface area contributed by atoms with E-state index in [0.717, 1.165) is 5.56 Å². The summed E-state index contributed by atoms with van der Waals surface area (Å²) in [5.41, 5.74) is 0.732. The first-order valence-electron chi connectivity index (χ1n) is 6.56. The fourth-order valence-electron chi connectivity index (χ4n) is 1.46. The Labute approximate surface area is 169 Å². The Bertz CT molecular complexity index is 467. The minimum absolute atomic E-state index is 0. The standard InChI is InChI=1S/C15H17O3.CN.Cu.HI.Zn/c1-2-18-15(17)12-8-4-7-11-14(16)13-9-5-3-6-10-13;1-2;;;/h3,5-6,8-10H,2,4,7,11H2,1H3;;;1H;/q2*-1;+1;;+2/p-1. The van der Waals surface area contributed by atoms with Crippen LogP contribution in [0.15, 0.2) is 36.4 Å². The molecular formula is C16H17CuINO3Zn. The summed E-state index contributed by atoms with van der Waals surface area (Å²) in [4.78, 5) is 22.6. The van der Waals surface area contributed by atoms with Gasteiger partial charge in [-0.25, -0.2) is 0 Å². The first kappa shape index (κ1) is 27.3. The Morgan fingerprint density at radius 1 is 1.30 bits per heavy atom. The molecule has 4 nitrogen and oxygen atoms in total. The third kappa shape index (κ3) is 16.1. The van der Waals surface area contributed by atoms with Crippen LogP contribution in [0.3, 0.4) is 0 Å². The molecule has 0 saturated heterocycles. The number of halogens is 1. The van der Waals surface area contributed by atoms with E-state index >= 15 is 0 Å². The Balaban J connectivity index is -0.000000739. The number of rotatable bonds is 7. The number of allylic oxidation sites excluding steroid dienone is 1. The number of esters is 1. The number of unbranched alkanes of at least 4 members (excludes halogenated alkanes) is 1. The van der Waals surface area contributed by atoms with Crippen molar-refractivity contribution in [1.29, 1.82) is 5.26 Å². The predicted octanol–water partition coefficient (Wildman–Crippen LogP) is 3.94. The zero-order chi connectivity index (χ0) is 17.2. The van der Waals surface area contributed by atoms with Crippen LogP contribution in [-0.4, -0.2) is 18.4 Å². The summed E-state index contributed by atoms with van der Waals surface area (Å²) in [6.45, 7) is 6.85. The monoisotopic (exact) mass is 525 g/mol. The number of hydrogen-bond acceptors (Lipinski definition) is 4. The number of carbonyl (C=O) groups is 2. The van der Waals surface area contributed by atoms with Gasteiger partial charge in [-0.05, 0) is 13.3 Å². The van der Waals surface area contributed by atoms with Crippen molar-refractivity contribution in [2.45, 2.75) is 26.2 Å². The van der Waals surface area contributed by atoms with Crippen LogP contribution < -0.4 is 0 Å². The quantitative estimate of drug-likeness (QED) is 0.103. The summed E-state index contributed by atoms with van der Waals surface area (Å²) >= 11 is 3.62. The van der Waals surface area contributed by atoms with Crippen molar-refractivity contribution in [3.63, 3.8) is 0 Å². The molecule has 0 unspecified atom stereocenters. The molecule has 1 aromatic carbocycles. The molecule has 0 atom stereocenters. The van der Waals surface area contributed by atoms with E-state index in [-0.39, 0.29) is 22.9 Å². The average molecular weight is 527 g/mol. The van der Waals surface area contributed by atoms with Crippen LogP contribution in [0.4, 0.5) is 0 Å². The van der Waals surface area contributed by atoms with Gasteiger partial charge in [0.2, 0.25) is 0 Å². The molecule has 23 heavy (non-hydrogen) atoms. The summed E-state index contributed by atoms with van der Waals surface area (Å²) in [7, 11) is 0. The van der Waals surface area contributed by atoms with Gasteiger partial charge in [-0.15, -0.1) is 0 Å². The van der Waals surface area contributed by atoms with E-state index in [1.165, 1.54) is 14.8 Å². The van der Waals surface area contributed by atoms with Crippen LogP contribution in [0.5, 0.6) is 0 Å². The van der Waals surface area contributed by atoms with E-state index in [4.69, 9.17) is 16.6 Å². The molecule has 0 aromatic heterocycles. The molecule has 0 radical (unpaired) electrons. The van der Waals surface area contributed by atoms with Crippen molar-refractivity contribution < 1.29 is 46.2 Å². The fourth-order valence-corrected chi connectivity index (χ4v) is 1.46. The zero-order valence-corrected chi connectivity index (χ0v) is 18.9. The van der Waals surface area contributed by atoms with Gasteiger partial charge in [0.1, 0.15) is 5.97 Å². The Morgan fingerprint density at radius 2 is 1.87 bits per heavy atom. The van der Waals surface area contributed by atoms with Gasteiger partial charge in [-0.1, -0.05) is 36.8 Å². The summed E-state index contributed by atoms with van der Waals surface area (Å²) in [6, 6.07) is 9.20. The fraction of sp³-hybridized carbons (Fsp3) is 0.312. The Morgan fingerprint density at radius 3 is 2.39 bits per heavy atom. The van der Waals surface area contributed by atoms with Gasteiger partial charge in [-0.3, -0.25) is 15.7 Å². The second-order valence-corrected chi connectivity index (χ2v) is 3.75. The number of ether oxygens (including phenoxy) is 1. The van der Waals surface area contributed by atoms with Crippen molar-refractivity contribution in [2.24, 2.45) is 0 Å². The maximum absolute atomic E-state index is 11.7. The molecular weight excluding hydrogens is 510 g/mol. The maximum atomic E-state index is 11.7. The molecule has 0 saturated carbocycles. The van der Waals surface area contributed by atoms with Gasteiger partial charge in [0, 0.05) is 12.0 Å². The molecule has 124 valence electrons. The van der Waals surface area contributed by atoms with Crippen molar-refractivity contribution in [2.75, 3.05) is 6.61 Å². The molecule has 1 aromatic rings. The molecule has 0 spiro atoms. The van der Waals surface area contributed by atoms with Crippen LogP contribution in [0.25, 0.3) is 0 Å². The third-order valence-electron chi connectivity index (χ3n) is 2.34. The predicted molar refractivity (Wildman–Crippen MR) is 88.1 cm³/mol. The van der Waals surface area contributed by atoms with Crippen molar-refractivity contribution >= 4 is 31.5 Å². The number of hydrogen-bond donors (Lipinski definition) is 0. The molecule has 7 heteroatoms. The van der Waals surface area contributed by atoms with Gasteiger partial charge < -0.3 is 22.6 Å². The molecule has 0 fully saturated rings. The molecule has 0 aliphatic rings. The van der Waals surface area contributed by atoms with E-state index in [1.807, 2.05) is 30.3 Å². The van der Waals surface area contributed by atoms with E-state index in [0.29, 0.717) is 25.9 Å². The number of nitrogens with zero attached hydrogens (tertiary/aromatic N) is 1. The summed E-state index contributed by atoms with van der Waals surface area (Å²) in [5, 5.41) is 6.25. The Hall–Kier alpha value is -0.537. The van der Waals surface area contributed by atoms with Crippen LogP contribution in [0, 0.1) is 17.9 Å². The number of benzene rings is 1. The molecule has 1 rings (SSSR count). The van der Waals surface area contributed by atoms with E-state index < -0.39 is 5.97 Å². The number of ketones is 1. The van der Waals surface area contributed by atoms with Gasteiger partial charge in [-0.2, -0.15) is 0 Å². The summed E-state index contributed by atoms with van der Waals surface area (Å²) in [5.74, 6) is -0.327. The third-order valence-corrected chi connectivity index (χ3v) is 2.34. The second-order valence-electron chi connectivity index (χ2n) is 3.75. The Kier molecular flexibility index (Phi) is 25.5. The van der Waals surface area contributed by atoms with Crippen molar-refractivity contribution in [3.8, 4) is 0 Å². The van der Waals surface area contributed by atoms with Gasteiger partial charge >= 0.3 is 51.6 Å². The zero-order valence-electron chi connectivity index (χ0n) is 12.9. The first-order valence-corrected chi connectivity index (χ1v) is 15.6. The van der Waals surface area contributed by atoms with Gasteiger partial charge in [0.05, 0.1) is 6.61 Å². The first-order chi connectivity index (χ1) is 10.7. The molecule has 0 aliphatic carbocycles. The topological polar surface area (TPSA) is 67.2 Å². The van der Waals surface area contributed by atoms with E-state index in [1.54, 1.807) is 13.0 Å². The SMILES string of the molecule is CCOC(=O)[C-]=CCCCC(=O)c1ccccc1.[C-]#N.[Cu+].[Zn+][I].